The molecule has 12 nitrogen and oxygen atoms in total. The molecule has 1 aromatic rings. The predicted molar refractivity (Wildman–Crippen MR) is 97.2 cm³/mol. The van der Waals surface area contributed by atoms with Crippen LogP contribution in [0, 0.1) is 0 Å². The Bertz CT molecular complexity index is 819. The van der Waals surface area contributed by atoms with E-state index < -0.39 is 29.9 Å². The van der Waals surface area contributed by atoms with Gasteiger partial charge in [0.25, 0.3) is 5.91 Å². The van der Waals surface area contributed by atoms with Gasteiger partial charge in [0.05, 0.1) is 0 Å². The first-order valence-electron chi connectivity index (χ1n) is 7.56. The lowest BCUT2D eigenvalue weighted by Gasteiger charge is -2.33. The van der Waals surface area contributed by atoms with Crippen molar-refractivity contribution in [2.24, 2.45) is 10.3 Å². The van der Waals surface area contributed by atoms with Gasteiger partial charge in [-0.1, -0.05) is 10.3 Å². The molecular weight excluding hydrogens is 400 g/mol. The Morgan fingerprint density at radius 1 is 1.56 bits per heavy atom. The van der Waals surface area contributed by atoms with Gasteiger partial charge in [-0.15, -0.1) is 22.9 Å². The van der Waals surface area contributed by atoms with Crippen LogP contribution in [0.2, 0.25) is 0 Å². The number of nitrogens with zero attached hydrogens (tertiary/aromatic N) is 5. The zero-order chi connectivity index (χ0) is 20.0. The minimum absolute atomic E-state index is 0.128. The molecule has 3 amide bonds. The Hall–Kier alpha value is -2.89. The number of hydrogen-bond acceptors (Lipinski definition) is 8. The van der Waals surface area contributed by atoms with Crippen LogP contribution in [0.4, 0.5) is 5.13 Å². The van der Waals surface area contributed by atoms with Crippen LogP contribution >= 0.6 is 22.9 Å². The van der Waals surface area contributed by atoms with Crippen molar-refractivity contribution in [1.82, 2.24) is 15.6 Å². The summed E-state index contributed by atoms with van der Waals surface area (Å²) in [4.78, 5) is 47.3. The number of oxime groups is 1. The van der Waals surface area contributed by atoms with Crippen molar-refractivity contribution < 1.29 is 19.2 Å². The summed E-state index contributed by atoms with van der Waals surface area (Å²) in [7, 11) is 0. The molecule has 1 aliphatic heterocycles. The molecule has 144 valence electrons. The van der Waals surface area contributed by atoms with E-state index in [9.17, 15) is 14.4 Å². The first kappa shape index (κ1) is 20.4. The Labute approximate surface area is 161 Å². The zero-order valence-electron chi connectivity index (χ0n) is 14.2. The highest BCUT2D eigenvalue weighted by molar-refractivity contribution is 7.14. The Morgan fingerprint density at radius 3 is 2.89 bits per heavy atom. The zero-order valence-corrected chi connectivity index (χ0v) is 15.7. The normalized spacial score (nSPS) is 18.8. The SMILES string of the molecule is CC(C)ON=C(C(=O)N[C@@H]1C(=O)NC1N=[N+]=[N-])c1csc(NC(=O)CCl)n1. The lowest BCUT2D eigenvalue weighted by Crippen LogP contribution is -2.68. The van der Waals surface area contributed by atoms with Crippen LogP contribution < -0.4 is 16.0 Å². The number of nitrogens with one attached hydrogen (secondary N) is 3. The molecule has 0 aliphatic carbocycles. The fourth-order valence-electron chi connectivity index (χ4n) is 1.83. The van der Waals surface area contributed by atoms with E-state index in [-0.39, 0.29) is 28.5 Å². The number of aromatic nitrogens is 1. The van der Waals surface area contributed by atoms with Crippen molar-refractivity contribution in [2.75, 3.05) is 11.2 Å². The number of β-lactam (4-membered cyclic amide) rings is 1. The lowest BCUT2D eigenvalue weighted by atomic mass is 10.1. The van der Waals surface area contributed by atoms with Crippen molar-refractivity contribution in [3.63, 3.8) is 0 Å². The summed E-state index contributed by atoms with van der Waals surface area (Å²) in [6, 6.07) is -1.04. The second-order valence-electron chi connectivity index (χ2n) is 5.42. The monoisotopic (exact) mass is 414 g/mol. The fraction of sp³-hybridized carbons (Fsp3) is 0.462. The third kappa shape index (κ3) is 5.29. The van der Waals surface area contributed by atoms with E-state index in [0.717, 1.165) is 11.3 Å². The molecule has 2 atom stereocenters. The number of alkyl halides is 1. The van der Waals surface area contributed by atoms with Gasteiger partial charge in [0.1, 0.15) is 29.9 Å². The van der Waals surface area contributed by atoms with Crippen LogP contribution in [0.1, 0.15) is 19.5 Å². The average Bonchev–Trinajstić information content (AvgIpc) is 3.07. The third-order valence-electron chi connectivity index (χ3n) is 3.04. The van der Waals surface area contributed by atoms with Gasteiger partial charge in [-0.25, -0.2) is 4.98 Å². The molecule has 3 N–H and O–H groups in total. The first-order valence-corrected chi connectivity index (χ1v) is 8.98. The largest absolute Gasteiger partial charge is 0.392 e. The van der Waals surface area contributed by atoms with E-state index in [4.69, 9.17) is 22.0 Å². The number of halogens is 1. The molecule has 1 unspecified atom stereocenters. The maximum atomic E-state index is 12.6. The molecule has 27 heavy (non-hydrogen) atoms. The summed E-state index contributed by atoms with van der Waals surface area (Å²) >= 11 is 6.48. The second kappa shape index (κ2) is 9.16. The maximum Gasteiger partial charge on any atom is 0.276 e. The van der Waals surface area contributed by atoms with E-state index in [1.165, 1.54) is 5.38 Å². The molecule has 1 aliphatic rings. The summed E-state index contributed by atoms with van der Waals surface area (Å²) < 4.78 is 0. The molecule has 0 saturated carbocycles. The van der Waals surface area contributed by atoms with E-state index in [0.29, 0.717) is 0 Å². The van der Waals surface area contributed by atoms with Crippen LogP contribution in [-0.2, 0) is 19.2 Å². The van der Waals surface area contributed by atoms with Crippen LogP contribution in [0.15, 0.2) is 15.7 Å². The third-order valence-corrected chi connectivity index (χ3v) is 4.04. The average molecular weight is 415 g/mol. The minimum atomic E-state index is -1.04. The molecular formula is C13H15ClN8O4S. The molecule has 0 aromatic carbocycles. The van der Waals surface area contributed by atoms with E-state index in [1.54, 1.807) is 13.8 Å². The quantitative estimate of drug-likeness (QED) is 0.108. The van der Waals surface area contributed by atoms with Crippen molar-refractivity contribution in [1.29, 1.82) is 0 Å². The standard InChI is InChI=1S/C13H15ClN8O4S/c1-5(2)26-21-8(6-4-27-13(16-6)17-7(23)3-14)11(24)18-9-10(20-22-15)19-12(9)25/h4-5,9-10H,3H2,1-2H3,(H,18,24)(H,19,25)(H,16,17,23)/t9-,10?/m0/s1. The van der Waals surface area contributed by atoms with Crippen molar-refractivity contribution >= 4 is 51.5 Å². The molecule has 0 spiro atoms. The van der Waals surface area contributed by atoms with Crippen LogP contribution in [-0.4, -0.2) is 52.6 Å². The van der Waals surface area contributed by atoms with Gasteiger partial charge in [0.15, 0.2) is 10.8 Å². The molecule has 2 heterocycles. The Balaban J connectivity index is 2.20. The minimum Gasteiger partial charge on any atom is -0.392 e. The van der Waals surface area contributed by atoms with Crippen LogP contribution in [0.3, 0.4) is 0 Å². The van der Waals surface area contributed by atoms with Crippen molar-refractivity contribution in [2.45, 2.75) is 32.2 Å². The van der Waals surface area contributed by atoms with E-state index >= 15 is 0 Å². The number of carbonyl (C=O) groups excluding carboxylic acids is 3. The molecule has 1 aromatic heterocycles. The van der Waals surface area contributed by atoms with E-state index in [1.807, 2.05) is 0 Å². The topological polar surface area (TPSA) is 171 Å². The number of anilines is 1. The highest BCUT2D eigenvalue weighted by Crippen LogP contribution is 2.17. The number of hydrogen-bond donors (Lipinski definition) is 3. The van der Waals surface area contributed by atoms with Crippen LogP contribution in [0.25, 0.3) is 10.4 Å². The molecule has 0 radical (unpaired) electrons. The van der Waals surface area contributed by atoms with Gasteiger partial charge in [-0.3, -0.25) is 14.4 Å². The molecule has 14 heteroatoms. The number of carbonyl (C=O) groups is 3. The van der Waals surface area contributed by atoms with Crippen molar-refractivity contribution in [3.8, 4) is 0 Å². The summed E-state index contributed by atoms with van der Waals surface area (Å²) in [5.74, 6) is -1.96. The number of amides is 3. The summed E-state index contributed by atoms with van der Waals surface area (Å²) in [5, 5.41) is 16.1. The molecule has 0 bridgehead atoms. The lowest BCUT2D eigenvalue weighted by molar-refractivity contribution is -0.134. The highest BCUT2D eigenvalue weighted by Gasteiger charge is 2.40. The summed E-state index contributed by atoms with van der Waals surface area (Å²) in [6.45, 7) is 3.42. The van der Waals surface area contributed by atoms with E-state index in [2.05, 4.69) is 36.1 Å². The van der Waals surface area contributed by atoms with Gasteiger partial charge in [0, 0.05) is 10.3 Å². The molecule has 1 fully saturated rings. The van der Waals surface area contributed by atoms with Gasteiger partial charge in [0.2, 0.25) is 11.8 Å². The molecule has 1 saturated heterocycles. The van der Waals surface area contributed by atoms with Crippen molar-refractivity contribution in [3.05, 3.63) is 21.5 Å². The van der Waals surface area contributed by atoms with Gasteiger partial charge >= 0.3 is 0 Å². The Kier molecular flexibility index (Phi) is 6.93. The fourth-order valence-corrected chi connectivity index (χ4v) is 2.60. The number of azide groups is 1. The van der Waals surface area contributed by atoms with Gasteiger partial charge in [-0.2, -0.15) is 0 Å². The number of rotatable bonds is 8. The Morgan fingerprint density at radius 2 is 2.30 bits per heavy atom. The second-order valence-corrected chi connectivity index (χ2v) is 6.55. The summed E-state index contributed by atoms with van der Waals surface area (Å²) in [6.07, 6.45) is -1.21. The predicted octanol–water partition coefficient (Wildman–Crippen LogP) is 0.701. The van der Waals surface area contributed by atoms with Crippen LogP contribution in [0.5, 0.6) is 0 Å². The maximum absolute atomic E-state index is 12.6. The summed E-state index contributed by atoms with van der Waals surface area (Å²) in [5.41, 5.74) is 8.39. The van der Waals surface area contributed by atoms with Gasteiger partial charge < -0.3 is 20.8 Å². The van der Waals surface area contributed by atoms with Gasteiger partial charge in [-0.05, 0) is 19.4 Å². The molecule has 2 rings (SSSR count). The number of thiazole rings is 1. The highest BCUT2D eigenvalue weighted by atomic mass is 35.5. The smallest absolute Gasteiger partial charge is 0.276 e. The first-order chi connectivity index (χ1) is 12.8.